The highest BCUT2D eigenvalue weighted by Gasteiger charge is 2.11. The fraction of sp³-hybridized carbons (Fsp3) is 0.0833. The van der Waals surface area contributed by atoms with Gasteiger partial charge in [-0.2, -0.15) is 5.10 Å². The molecule has 0 aliphatic heterocycles. The number of nitro groups is 1. The molecule has 0 radical (unpaired) electrons. The van der Waals surface area contributed by atoms with Crippen molar-refractivity contribution in [1.29, 1.82) is 0 Å². The molecule has 0 saturated heterocycles. The monoisotopic (exact) mass is 295 g/mol. The first-order valence-corrected chi connectivity index (χ1v) is 6.57. The third-order valence-corrected chi connectivity index (χ3v) is 3.71. The molecule has 0 amide bonds. The van der Waals surface area contributed by atoms with Crippen LogP contribution in [0.15, 0.2) is 41.5 Å². The third-order valence-electron chi connectivity index (χ3n) is 2.37. The summed E-state index contributed by atoms with van der Waals surface area (Å²) in [5.41, 5.74) is 3.77. The number of nitrogens with one attached hydrogen (secondary N) is 1. The summed E-state index contributed by atoms with van der Waals surface area (Å²) in [5.74, 6) is 0. The molecule has 0 unspecified atom stereocenters. The average Bonchev–Trinajstić information content (AvgIpc) is 2.83. The Balaban J connectivity index is 2.20. The topological polar surface area (TPSA) is 67.5 Å². The summed E-state index contributed by atoms with van der Waals surface area (Å²) in [5, 5.41) is 15.0. The summed E-state index contributed by atoms with van der Waals surface area (Å²) in [6.45, 7) is 1.81. The van der Waals surface area contributed by atoms with Crippen LogP contribution in [0.25, 0.3) is 0 Å². The summed E-state index contributed by atoms with van der Waals surface area (Å²) in [6, 6.07) is 9.99. The Morgan fingerprint density at radius 2 is 2.11 bits per heavy atom. The highest BCUT2D eigenvalue weighted by Crippen LogP contribution is 2.24. The van der Waals surface area contributed by atoms with E-state index < -0.39 is 4.92 Å². The Morgan fingerprint density at radius 3 is 2.74 bits per heavy atom. The Hall–Kier alpha value is -1.92. The summed E-state index contributed by atoms with van der Waals surface area (Å²) in [4.78, 5) is 11.3. The first-order chi connectivity index (χ1) is 9.08. The van der Waals surface area contributed by atoms with E-state index in [1.54, 1.807) is 24.3 Å². The zero-order valence-corrected chi connectivity index (χ0v) is 11.5. The lowest BCUT2D eigenvalue weighted by Gasteiger charge is -2.02. The normalized spacial score (nSPS) is 11.4. The van der Waals surface area contributed by atoms with Crippen LogP contribution >= 0.6 is 22.9 Å². The third kappa shape index (κ3) is 3.30. The fourth-order valence-electron chi connectivity index (χ4n) is 1.44. The second-order valence-electron chi connectivity index (χ2n) is 3.69. The predicted molar refractivity (Wildman–Crippen MR) is 78.3 cm³/mol. The van der Waals surface area contributed by atoms with Crippen molar-refractivity contribution in [2.24, 2.45) is 5.10 Å². The average molecular weight is 296 g/mol. The molecule has 2 aromatic rings. The number of hydrogen-bond donors (Lipinski definition) is 1. The fourth-order valence-corrected chi connectivity index (χ4v) is 2.42. The maximum absolute atomic E-state index is 10.8. The minimum atomic E-state index is -0.449. The van der Waals surface area contributed by atoms with Gasteiger partial charge in [0.1, 0.15) is 5.69 Å². The Bertz CT molecular complexity index is 639. The van der Waals surface area contributed by atoms with Gasteiger partial charge in [-0.25, -0.2) is 0 Å². The predicted octanol–water partition coefficient (Wildman–Crippen LogP) is 4.15. The molecular formula is C12H10ClN3O2S. The molecule has 7 heteroatoms. The summed E-state index contributed by atoms with van der Waals surface area (Å²) < 4.78 is 0.676. The standard InChI is InChI=1S/C12H10ClN3O2S/c1-8(11-6-7-12(13)19-11)14-15-9-4-2-3-5-10(9)16(17)18/h2-7,15H,1H3/b14-8-. The highest BCUT2D eigenvalue weighted by atomic mass is 35.5. The van der Waals surface area contributed by atoms with Gasteiger partial charge in [0.05, 0.1) is 19.8 Å². The number of para-hydroxylation sites is 2. The van der Waals surface area contributed by atoms with Crippen LogP contribution in [-0.2, 0) is 0 Å². The van der Waals surface area contributed by atoms with E-state index in [9.17, 15) is 10.1 Å². The molecule has 0 fully saturated rings. The molecule has 0 aliphatic rings. The van der Waals surface area contributed by atoms with Crippen LogP contribution in [0.3, 0.4) is 0 Å². The largest absolute Gasteiger partial charge is 0.294 e. The molecule has 1 heterocycles. The van der Waals surface area contributed by atoms with E-state index in [1.165, 1.54) is 17.4 Å². The van der Waals surface area contributed by atoms with Crippen molar-refractivity contribution >= 4 is 40.0 Å². The molecule has 2 rings (SSSR count). The van der Waals surface area contributed by atoms with E-state index in [0.29, 0.717) is 10.0 Å². The number of hydrazone groups is 1. The summed E-state index contributed by atoms with van der Waals surface area (Å²) in [6.07, 6.45) is 0. The van der Waals surface area contributed by atoms with E-state index in [1.807, 2.05) is 13.0 Å². The highest BCUT2D eigenvalue weighted by molar-refractivity contribution is 7.18. The molecule has 0 bridgehead atoms. The van der Waals surface area contributed by atoms with E-state index in [-0.39, 0.29) is 5.69 Å². The van der Waals surface area contributed by atoms with E-state index >= 15 is 0 Å². The van der Waals surface area contributed by atoms with Gasteiger partial charge in [0.2, 0.25) is 0 Å². The quantitative estimate of drug-likeness (QED) is 0.523. The zero-order chi connectivity index (χ0) is 13.8. The number of nitro benzene ring substituents is 1. The maximum Gasteiger partial charge on any atom is 0.294 e. The zero-order valence-electron chi connectivity index (χ0n) is 9.96. The minimum Gasteiger partial charge on any atom is -0.271 e. The molecule has 0 saturated carbocycles. The van der Waals surface area contributed by atoms with Gasteiger partial charge in [0, 0.05) is 6.07 Å². The molecule has 1 N–H and O–H groups in total. The van der Waals surface area contributed by atoms with Crippen LogP contribution in [0.1, 0.15) is 11.8 Å². The van der Waals surface area contributed by atoms with Crippen molar-refractivity contribution < 1.29 is 4.92 Å². The van der Waals surface area contributed by atoms with Crippen LogP contribution in [0.5, 0.6) is 0 Å². The maximum atomic E-state index is 10.8. The van der Waals surface area contributed by atoms with Gasteiger partial charge < -0.3 is 0 Å². The molecular weight excluding hydrogens is 286 g/mol. The van der Waals surface area contributed by atoms with Gasteiger partial charge >= 0.3 is 0 Å². The Morgan fingerprint density at radius 1 is 1.37 bits per heavy atom. The smallest absolute Gasteiger partial charge is 0.271 e. The second-order valence-corrected chi connectivity index (χ2v) is 5.40. The molecule has 19 heavy (non-hydrogen) atoms. The number of anilines is 1. The number of halogens is 1. The van der Waals surface area contributed by atoms with E-state index in [2.05, 4.69) is 10.5 Å². The number of hydrogen-bond acceptors (Lipinski definition) is 5. The number of rotatable bonds is 4. The lowest BCUT2D eigenvalue weighted by molar-refractivity contribution is -0.384. The van der Waals surface area contributed by atoms with Gasteiger partial charge in [0.25, 0.3) is 5.69 Å². The minimum absolute atomic E-state index is 0.0109. The molecule has 98 valence electrons. The van der Waals surface area contributed by atoms with Crippen molar-refractivity contribution in [2.45, 2.75) is 6.92 Å². The second kappa shape index (κ2) is 5.81. The number of nitrogens with zero attached hydrogens (tertiary/aromatic N) is 2. The molecule has 5 nitrogen and oxygen atoms in total. The van der Waals surface area contributed by atoms with Gasteiger partial charge in [-0.05, 0) is 25.1 Å². The van der Waals surface area contributed by atoms with Crippen molar-refractivity contribution in [3.05, 3.63) is 55.7 Å². The summed E-state index contributed by atoms with van der Waals surface area (Å²) in [7, 11) is 0. The number of benzene rings is 1. The van der Waals surface area contributed by atoms with Crippen LogP contribution in [-0.4, -0.2) is 10.6 Å². The lowest BCUT2D eigenvalue weighted by atomic mass is 10.3. The molecule has 0 aliphatic carbocycles. The number of thiophene rings is 1. The van der Waals surface area contributed by atoms with Crippen molar-refractivity contribution in [3.63, 3.8) is 0 Å². The molecule has 0 spiro atoms. The van der Waals surface area contributed by atoms with Crippen LogP contribution in [0.4, 0.5) is 11.4 Å². The van der Waals surface area contributed by atoms with Crippen molar-refractivity contribution in [2.75, 3.05) is 5.43 Å². The van der Waals surface area contributed by atoms with Crippen LogP contribution in [0, 0.1) is 10.1 Å². The Kier molecular flexibility index (Phi) is 4.13. The lowest BCUT2D eigenvalue weighted by Crippen LogP contribution is -2.00. The van der Waals surface area contributed by atoms with E-state index in [4.69, 9.17) is 11.6 Å². The van der Waals surface area contributed by atoms with Crippen molar-refractivity contribution in [3.8, 4) is 0 Å². The molecule has 1 aromatic heterocycles. The van der Waals surface area contributed by atoms with Gasteiger partial charge in [-0.15, -0.1) is 11.3 Å². The first kappa shape index (κ1) is 13.5. The van der Waals surface area contributed by atoms with Gasteiger partial charge in [-0.1, -0.05) is 23.7 Å². The summed E-state index contributed by atoms with van der Waals surface area (Å²) >= 11 is 7.24. The first-order valence-electron chi connectivity index (χ1n) is 5.37. The van der Waals surface area contributed by atoms with Crippen molar-refractivity contribution in [1.82, 2.24) is 0 Å². The van der Waals surface area contributed by atoms with Crippen LogP contribution in [0.2, 0.25) is 4.34 Å². The molecule has 1 aromatic carbocycles. The van der Waals surface area contributed by atoms with Gasteiger partial charge in [-0.3, -0.25) is 15.5 Å². The Labute approximate surface area is 118 Å². The van der Waals surface area contributed by atoms with Crippen LogP contribution < -0.4 is 5.43 Å². The van der Waals surface area contributed by atoms with E-state index in [0.717, 1.165) is 10.6 Å². The SMILES string of the molecule is C/C(=N/Nc1ccccc1[N+](=O)[O-])c1ccc(Cl)s1. The van der Waals surface area contributed by atoms with Gasteiger partial charge in [0.15, 0.2) is 0 Å². The molecule has 0 atom stereocenters.